The van der Waals surface area contributed by atoms with Gasteiger partial charge in [-0.05, 0) is 10.7 Å². The van der Waals surface area contributed by atoms with Crippen molar-refractivity contribution in [3.63, 3.8) is 0 Å². The van der Waals surface area contributed by atoms with Crippen LogP contribution >= 0.6 is 0 Å². The van der Waals surface area contributed by atoms with Gasteiger partial charge in [0.25, 0.3) is 5.69 Å². The Balaban J connectivity index is 2.72. The van der Waals surface area contributed by atoms with Crippen molar-refractivity contribution in [2.24, 2.45) is 0 Å². The fourth-order valence-corrected chi connectivity index (χ4v) is 1.23. The second kappa shape index (κ2) is 3.01. The number of nitrogens with zero attached hydrogens (tertiary/aromatic N) is 4. The van der Waals surface area contributed by atoms with Gasteiger partial charge in [0.05, 0.1) is 10.4 Å². The highest BCUT2D eigenvalue weighted by atomic mass is 16.7. The molecule has 8 nitrogen and oxygen atoms in total. The first-order valence-electron chi connectivity index (χ1n) is 3.86. The zero-order valence-electron chi connectivity index (χ0n) is 7.23. The molecule has 1 aromatic heterocycles. The van der Waals surface area contributed by atoms with Crippen LogP contribution in [0.25, 0.3) is 11.0 Å². The van der Waals surface area contributed by atoms with Gasteiger partial charge < -0.3 is 0 Å². The highest BCUT2D eigenvalue weighted by Gasteiger charge is 2.14. The van der Waals surface area contributed by atoms with Crippen molar-refractivity contribution < 1.29 is 9.96 Å². The largest absolute Gasteiger partial charge is 0.271 e. The van der Waals surface area contributed by atoms with Crippen molar-refractivity contribution in [3.05, 3.63) is 44.8 Å². The molecule has 8 heteroatoms. The lowest BCUT2D eigenvalue weighted by Crippen LogP contribution is -2.06. The van der Waals surface area contributed by atoms with E-state index < -0.39 is 9.96 Å². The van der Waals surface area contributed by atoms with Crippen LogP contribution in [-0.2, 0) is 0 Å². The minimum absolute atomic E-state index is 0.106. The standard InChI is InChI=1S/C7H4N4O4/c12-10(13)5-1-2-6-7(3-5)9(4-8-6)11(14)15/h1-4H. The topological polar surface area (TPSA) is 104 Å². The molecular weight excluding hydrogens is 204 g/mol. The molecule has 2 rings (SSSR count). The van der Waals surface area contributed by atoms with E-state index in [0.717, 1.165) is 12.4 Å². The average Bonchev–Trinajstić information content (AvgIpc) is 2.59. The van der Waals surface area contributed by atoms with Crippen molar-refractivity contribution >= 4 is 16.7 Å². The maximum Gasteiger partial charge on any atom is 0.271 e. The minimum Gasteiger partial charge on any atom is -0.258 e. The molecule has 0 N–H and O–H groups in total. The van der Waals surface area contributed by atoms with Crippen LogP contribution in [0.3, 0.4) is 0 Å². The number of rotatable bonds is 2. The first kappa shape index (κ1) is 9.06. The Morgan fingerprint density at radius 2 is 2.00 bits per heavy atom. The normalized spacial score (nSPS) is 10.4. The van der Waals surface area contributed by atoms with E-state index in [2.05, 4.69) is 4.98 Å². The molecule has 1 heterocycles. The lowest BCUT2D eigenvalue weighted by molar-refractivity contribution is -0.538. The van der Waals surface area contributed by atoms with E-state index >= 15 is 0 Å². The Bertz CT molecular complexity index is 561. The summed E-state index contributed by atoms with van der Waals surface area (Å²) < 4.78 is 0.641. The van der Waals surface area contributed by atoms with Crippen LogP contribution in [-0.4, -0.2) is 19.6 Å². The monoisotopic (exact) mass is 208 g/mol. The molecule has 0 saturated heterocycles. The van der Waals surface area contributed by atoms with Crippen molar-refractivity contribution in [1.29, 1.82) is 0 Å². The molecule has 0 saturated carbocycles. The fourth-order valence-electron chi connectivity index (χ4n) is 1.23. The quantitative estimate of drug-likeness (QED) is 0.540. The molecule has 0 radical (unpaired) electrons. The van der Waals surface area contributed by atoms with Crippen LogP contribution in [0.15, 0.2) is 24.5 Å². The maximum absolute atomic E-state index is 10.5. The summed E-state index contributed by atoms with van der Waals surface area (Å²) >= 11 is 0. The lowest BCUT2D eigenvalue weighted by atomic mass is 10.3. The second-order valence-electron chi connectivity index (χ2n) is 2.76. The van der Waals surface area contributed by atoms with Gasteiger partial charge in [-0.25, -0.2) is 15.1 Å². The summed E-state index contributed by atoms with van der Waals surface area (Å²) in [6, 6.07) is 3.73. The van der Waals surface area contributed by atoms with E-state index in [1.165, 1.54) is 12.1 Å². The average molecular weight is 208 g/mol. The Labute approximate surface area is 82.0 Å². The van der Waals surface area contributed by atoms with Gasteiger partial charge in [-0.15, -0.1) is 0 Å². The molecule has 0 fully saturated rings. The maximum atomic E-state index is 10.5. The number of hydrogen-bond acceptors (Lipinski definition) is 5. The molecule has 0 aliphatic carbocycles. The van der Waals surface area contributed by atoms with Gasteiger partial charge in [0, 0.05) is 12.1 Å². The molecule has 0 spiro atoms. The van der Waals surface area contributed by atoms with E-state index in [-0.39, 0.29) is 11.2 Å². The molecule has 0 unspecified atom stereocenters. The third-order valence-electron chi connectivity index (χ3n) is 1.90. The first-order valence-corrected chi connectivity index (χ1v) is 3.86. The summed E-state index contributed by atoms with van der Waals surface area (Å²) in [5.74, 6) is 0. The SMILES string of the molecule is O=[N+]([O-])c1ccc2ncn([N+](=O)[O-])c2c1. The smallest absolute Gasteiger partial charge is 0.258 e. The summed E-state index contributed by atoms with van der Waals surface area (Å²) in [6.45, 7) is 0. The van der Waals surface area contributed by atoms with Crippen LogP contribution in [0.1, 0.15) is 0 Å². The van der Waals surface area contributed by atoms with E-state index in [0.29, 0.717) is 10.2 Å². The van der Waals surface area contributed by atoms with Crippen molar-refractivity contribution in [2.75, 3.05) is 0 Å². The van der Waals surface area contributed by atoms with Crippen LogP contribution in [0.4, 0.5) is 5.69 Å². The molecule has 0 amide bonds. The third kappa shape index (κ3) is 1.37. The van der Waals surface area contributed by atoms with E-state index in [1.54, 1.807) is 0 Å². The molecule has 0 aliphatic heterocycles. The van der Waals surface area contributed by atoms with Crippen LogP contribution in [0.5, 0.6) is 0 Å². The lowest BCUT2D eigenvalue weighted by Gasteiger charge is -1.92. The Kier molecular flexibility index (Phi) is 1.82. The summed E-state index contributed by atoms with van der Waals surface area (Å²) in [5.41, 5.74) is 0.248. The fraction of sp³-hybridized carbons (Fsp3) is 0. The molecule has 0 atom stereocenters. The number of non-ortho nitro benzene ring substituents is 1. The van der Waals surface area contributed by atoms with Gasteiger partial charge >= 0.3 is 0 Å². The summed E-state index contributed by atoms with van der Waals surface area (Å²) in [4.78, 5) is 24.1. The Morgan fingerprint density at radius 3 is 2.60 bits per heavy atom. The summed E-state index contributed by atoms with van der Waals surface area (Å²) in [6.07, 6.45) is 1.01. The zero-order valence-corrected chi connectivity index (χ0v) is 7.23. The summed E-state index contributed by atoms with van der Waals surface area (Å²) in [7, 11) is 0. The highest BCUT2D eigenvalue weighted by molar-refractivity contribution is 5.77. The van der Waals surface area contributed by atoms with Gasteiger partial charge in [-0.3, -0.25) is 10.1 Å². The Morgan fingerprint density at radius 1 is 1.27 bits per heavy atom. The number of nitro benzene ring substituents is 1. The number of benzene rings is 1. The molecule has 2 aromatic rings. The van der Waals surface area contributed by atoms with Gasteiger partial charge in [-0.1, -0.05) is 0 Å². The predicted molar refractivity (Wildman–Crippen MR) is 48.8 cm³/mol. The molecule has 15 heavy (non-hydrogen) atoms. The highest BCUT2D eigenvalue weighted by Crippen LogP contribution is 2.19. The zero-order chi connectivity index (χ0) is 11.0. The van der Waals surface area contributed by atoms with E-state index in [4.69, 9.17) is 0 Å². The van der Waals surface area contributed by atoms with Crippen molar-refractivity contribution in [3.8, 4) is 0 Å². The molecule has 1 aromatic carbocycles. The predicted octanol–water partition coefficient (Wildman–Crippen LogP) is 0.984. The van der Waals surface area contributed by atoms with Crippen molar-refractivity contribution in [2.45, 2.75) is 0 Å². The van der Waals surface area contributed by atoms with Crippen molar-refractivity contribution in [1.82, 2.24) is 9.66 Å². The van der Waals surface area contributed by atoms with Gasteiger partial charge in [-0.2, -0.15) is 0 Å². The van der Waals surface area contributed by atoms with Crippen LogP contribution in [0, 0.1) is 20.2 Å². The van der Waals surface area contributed by atoms with Gasteiger partial charge in [0.15, 0.2) is 11.4 Å². The van der Waals surface area contributed by atoms with Crippen LogP contribution < -0.4 is 0 Å². The number of imidazole rings is 1. The van der Waals surface area contributed by atoms with E-state index in [9.17, 15) is 20.2 Å². The molecular formula is C7H4N4O4. The number of aromatic nitrogens is 2. The molecule has 76 valence electrons. The molecule has 0 aliphatic rings. The summed E-state index contributed by atoms with van der Waals surface area (Å²) in [5, 5.41) is 20.3. The van der Waals surface area contributed by atoms with Gasteiger partial charge in [0.1, 0.15) is 5.52 Å². The third-order valence-corrected chi connectivity index (χ3v) is 1.90. The number of hydrogen-bond donors (Lipinski definition) is 0. The second-order valence-corrected chi connectivity index (χ2v) is 2.76. The molecule has 0 bridgehead atoms. The Hall–Kier alpha value is -2.51. The van der Waals surface area contributed by atoms with Crippen LogP contribution in [0.2, 0.25) is 0 Å². The number of nitro groups is 2. The van der Waals surface area contributed by atoms with Gasteiger partial charge in [0.2, 0.25) is 0 Å². The first-order chi connectivity index (χ1) is 7.09. The number of fused-ring (bicyclic) bond motifs is 1. The minimum atomic E-state index is -0.695. The van der Waals surface area contributed by atoms with E-state index in [1.807, 2.05) is 0 Å².